The maximum absolute atomic E-state index is 8.94. The maximum Gasteiger partial charge on any atom is 1.00 e. The molecule has 0 saturated carbocycles. The second kappa shape index (κ2) is 12.3. The van der Waals surface area contributed by atoms with Gasteiger partial charge in [-0.2, -0.15) is 33.4 Å². The largest absolute Gasteiger partial charge is 1.00 e. The van der Waals surface area contributed by atoms with E-state index in [1.165, 1.54) is 0 Å². The average molecular weight is 404 g/mol. The smallest absolute Gasteiger partial charge is 0.408 e. The van der Waals surface area contributed by atoms with Crippen LogP contribution in [0, 0.1) is 6.07 Å². The maximum atomic E-state index is 8.94. The van der Waals surface area contributed by atoms with E-state index in [1.54, 1.807) is 5.37 Å². The van der Waals surface area contributed by atoms with Crippen molar-refractivity contribution in [3.8, 4) is 0 Å². The van der Waals surface area contributed by atoms with Crippen LogP contribution in [0.3, 0.4) is 0 Å². The molecule has 7 heteroatoms. The second-order valence-electron chi connectivity index (χ2n) is 5.00. The van der Waals surface area contributed by atoms with Gasteiger partial charge in [-0.3, -0.25) is 0 Å². The first-order chi connectivity index (χ1) is 11.7. The van der Waals surface area contributed by atoms with Crippen LogP contribution in [0.4, 0.5) is 11.4 Å². The molecule has 128 valence electrons. The van der Waals surface area contributed by atoms with Crippen LogP contribution in [0.25, 0.3) is 0 Å². The molecule has 0 bridgehead atoms. The Bertz CT molecular complexity index is 822. The molecule has 0 aliphatic heterocycles. The van der Waals surface area contributed by atoms with E-state index >= 15 is 0 Å². The van der Waals surface area contributed by atoms with Crippen LogP contribution in [-0.4, -0.2) is 38.4 Å². The Hall–Kier alpha value is -0.124. The molecule has 2 rings (SSSR count). The minimum absolute atomic E-state index is 0. The van der Waals surface area contributed by atoms with Gasteiger partial charge in [0.25, 0.3) is 0 Å². The van der Waals surface area contributed by atoms with Crippen molar-refractivity contribution >= 4 is 49.1 Å². The van der Waals surface area contributed by atoms with Crippen molar-refractivity contribution in [3.05, 3.63) is 58.6 Å². The van der Waals surface area contributed by atoms with Crippen molar-refractivity contribution in [1.82, 2.24) is 0 Å². The molecule has 2 aromatic carbocycles. The molecule has 0 atom stereocenters. The Kier molecular flexibility index (Phi) is 11.3. The van der Waals surface area contributed by atoms with Crippen molar-refractivity contribution < 1.29 is 66.7 Å². The molecule has 0 spiro atoms. The van der Waals surface area contributed by atoms with E-state index in [1.807, 2.05) is 36.4 Å². The summed E-state index contributed by atoms with van der Waals surface area (Å²) >= 11 is 6.29. The van der Waals surface area contributed by atoms with E-state index in [4.69, 9.17) is 26.9 Å². The normalized spacial score (nSPS) is 9.76. The quantitative estimate of drug-likeness (QED) is 0.325. The number of hydrogen-bond donors (Lipinski definition) is 4. The van der Waals surface area contributed by atoms with Gasteiger partial charge in [0.2, 0.25) is 0 Å². The number of anilines is 2. The molecule has 4 N–H and O–H groups in total. The predicted octanol–water partition coefficient (Wildman–Crippen LogP) is 0.672. The van der Waals surface area contributed by atoms with Crippen molar-refractivity contribution in [1.29, 1.82) is 0 Å². The monoisotopic (exact) mass is 403 g/mol. The summed E-state index contributed by atoms with van der Waals surface area (Å²) < 4.78 is 0. The predicted molar refractivity (Wildman–Crippen MR) is 106 cm³/mol. The van der Waals surface area contributed by atoms with Crippen molar-refractivity contribution in [3.63, 3.8) is 0 Å². The molecule has 0 aromatic heterocycles. The Morgan fingerprint density at radius 3 is 2.40 bits per heavy atom. The van der Waals surface area contributed by atoms with Crippen molar-refractivity contribution in [2.24, 2.45) is 0 Å². The molecule has 0 aliphatic rings. The van der Waals surface area contributed by atoms with Gasteiger partial charge in [0, 0.05) is 23.7 Å². The summed E-state index contributed by atoms with van der Waals surface area (Å²) in [5, 5.41) is 32.4. The van der Waals surface area contributed by atoms with Gasteiger partial charge in [0.05, 0.1) is 11.1 Å². The number of halogens is 1. The Labute approximate surface area is 197 Å². The fraction of sp³-hybridized carbons (Fsp3) is 0.167. The summed E-state index contributed by atoms with van der Waals surface area (Å²) in [5.41, 5.74) is 5.51. The summed E-state index contributed by atoms with van der Waals surface area (Å²) in [6, 6.07) is 14.4. The fourth-order valence-electron chi connectivity index (χ4n) is 2.07. The summed E-state index contributed by atoms with van der Waals surface area (Å²) in [4.78, 5) is 0. The Morgan fingerprint density at radius 1 is 1.12 bits per heavy atom. The van der Waals surface area contributed by atoms with Gasteiger partial charge >= 0.3 is 51.4 Å². The van der Waals surface area contributed by atoms with Gasteiger partial charge in [-0.25, -0.2) is 0 Å². The molecule has 4 nitrogen and oxygen atoms in total. The molecule has 25 heavy (non-hydrogen) atoms. The SMILES string of the molecule is OC=S(=CO)=CCc1ccc(Nc2c[c-]c(CCO)cc2)cc1Cl.[K+]. The number of aliphatic hydroxyl groups excluding tert-OH is 3. The fourth-order valence-corrected chi connectivity index (χ4v) is 2.92. The Morgan fingerprint density at radius 2 is 1.84 bits per heavy atom. The number of benzene rings is 2. The van der Waals surface area contributed by atoms with E-state index in [9.17, 15) is 0 Å². The van der Waals surface area contributed by atoms with Crippen LogP contribution in [0.1, 0.15) is 11.1 Å². The van der Waals surface area contributed by atoms with Gasteiger partial charge in [-0.15, -0.1) is 6.07 Å². The minimum Gasteiger partial charge on any atom is -0.408 e. The second-order valence-corrected chi connectivity index (χ2v) is 6.98. The van der Waals surface area contributed by atoms with Gasteiger partial charge in [0.1, 0.15) is 0 Å². The van der Waals surface area contributed by atoms with Gasteiger partial charge in [-0.05, 0) is 29.5 Å². The summed E-state index contributed by atoms with van der Waals surface area (Å²) in [5.74, 6) is 0. The summed E-state index contributed by atoms with van der Waals surface area (Å²) in [7, 11) is -0.748. The van der Waals surface area contributed by atoms with Crippen molar-refractivity contribution in [2.45, 2.75) is 12.8 Å². The van der Waals surface area contributed by atoms with E-state index in [-0.39, 0.29) is 58.0 Å². The molecule has 0 aliphatic carbocycles. The van der Waals surface area contributed by atoms with Crippen LogP contribution in [0.15, 0.2) is 36.4 Å². The van der Waals surface area contributed by atoms with E-state index in [0.29, 0.717) is 17.9 Å². The van der Waals surface area contributed by atoms with Gasteiger partial charge < -0.3 is 20.6 Å². The third-order valence-corrected chi connectivity index (χ3v) is 4.73. The number of nitrogens with one attached hydrogen (secondary N) is 1. The average Bonchev–Trinajstić information content (AvgIpc) is 2.59. The molecule has 0 heterocycles. The molecule has 0 radical (unpaired) electrons. The molecule has 0 unspecified atom stereocenters. The van der Waals surface area contributed by atoms with E-state index in [0.717, 1.165) is 33.6 Å². The molecule has 2 aromatic rings. The number of rotatable bonds is 6. The first-order valence-electron chi connectivity index (χ1n) is 7.32. The zero-order valence-electron chi connectivity index (χ0n) is 13.9. The van der Waals surface area contributed by atoms with Crippen molar-refractivity contribution in [2.75, 3.05) is 11.9 Å². The zero-order chi connectivity index (χ0) is 17.4. The van der Waals surface area contributed by atoms with Crippen LogP contribution < -0.4 is 56.7 Å². The molecule has 0 fully saturated rings. The summed E-state index contributed by atoms with van der Waals surface area (Å²) in [6.07, 6.45) is 1.13. The standard InChI is InChI=1S/C18H19ClNO3S.K/c19-18-11-17(6-3-15(18)8-10-24(12-22)13-23)20-16-4-1-14(2-5-16)7-9-21;/h1,3-6,10-13,20-23H,7-9H2;/q-1;+1. The number of hydrogen-bond acceptors (Lipinski definition) is 2. The molecule has 0 saturated heterocycles. The first kappa shape index (κ1) is 22.9. The van der Waals surface area contributed by atoms with E-state index in [2.05, 4.69) is 11.4 Å². The molecular weight excluding hydrogens is 385 g/mol. The van der Waals surface area contributed by atoms with Gasteiger partial charge in [-0.1, -0.05) is 23.4 Å². The van der Waals surface area contributed by atoms with Gasteiger partial charge in [0.15, 0.2) is 0 Å². The topological polar surface area (TPSA) is 72.7 Å². The third kappa shape index (κ3) is 7.56. The number of aliphatic hydroxyl groups is 3. The zero-order valence-corrected chi connectivity index (χ0v) is 18.6. The van der Waals surface area contributed by atoms with Crippen LogP contribution in [-0.2, 0) is 12.8 Å². The van der Waals surface area contributed by atoms with Crippen LogP contribution in [0.5, 0.6) is 0 Å². The molecular formula is C18H19ClKNO3S. The minimum atomic E-state index is -0.748. The van der Waals surface area contributed by atoms with Crippen LogP contribution >= 0.6 is 21.3 Å². The first-order valence-corrected chi connectivity index (χ1v) is 9.11. The van der Waals surface area contributed by atoms with E-state index < -0.39 is 9.66 Å². The Balaban J connectivity index is 0.00000312. The third-order valence-electron chi connectivity index (χ3n) is 3.34. The van der Waals surface area contributed by atoms with Crippen LogP contribution in [0.2, 0.25) is 5.02 Å². The summed E-state index contributed by atoms with van der Waals surface area (Å²) in [6.45, 7) is 0.112. The molecule has 0 amide bonds.